The van der Waals surface area contributed by atoms with Crippen LogP contribution in [0.1, 0.15) is 46.2 Å². The monoisotopic (exact) mass is 419 g/mol. The van der Waals surface area contributed by atoms with Gasteiger partial charge in [0, 0.05) is 30.1 Å². The number of likely N-dealkylation sites (N-methyl/N-ethyl adjacent to an activating group) is 1. The zero-order valence-corrected chi connectivity index (χ0v) is 18.5. The molecule has 0 atom stereocenters. The molecule has 1 aromatic carbocycles. The van der Waals surface area contributed by atoms with Gasteiger partial charge in [0.1, 0.15) is 12.4 Å². The summed E-state index contributed by atoms with van der Waals surface area (Å²) in [6.07, 6.45) is 1.90. The predicted octanol–water partition coefficient (Wildman–Crippen LogP) is 4.20. The van der Waals surface area contributed by atoms with Crippen molar-refractivity contribution in [2.75, 3.05) is 25.5 Å². The minimum atomic E-state index is -0.297. The van der Waals surface area contributed by atoms with E-state index in [1.807, 2.05) is 18.2 Å². The SMILES string of the molecule is CCCCNC(=O)N(C)CC(=O)Nc1cc(C(C)(C)C)nn1-c1ccc(Cl)cc1. The quantitative estimate of drug-likeness (QED) is 0.660. The minimum absolute atomic E-state index is 0.0609. The van der Waals surface area contributed by atoms with Gasteiger partial charge >= 0.3 is 6.03 Å². The molecule has 1 aromatic heterocycles. The third-order valence-electron chi connectivity index (χ3n) is 4.35. The molecule has 0 unspecified atom stereocenters. The molecule has 0 fully saturated rings. The molecule has 1 heterocycles. The van der Waals surface area contributed by atoms with Gasteiger partial charge in [-0.2, -0.15) is 5.10 Å². The zero-order valence-electron chi connectivity index (χ0n) is 17.8. The molecule has 0 bridgehead atoms. The number of carbonyl (C=O) groups is 2. The number of halogens is 1. The highest BCUT2D eigenvalue weighted by molar-refractivity contribution is 6.30. The van der Waals surface area contributed by atoms with E-state index in [0.717, 1.165) is 24.2 Å². The highest BCUT2D eigenvalue weighted by Gasteiger charge is 2.22. The third kappa shape index (κ3) is 6.49. The summed E-state index contributed by atoms with van der Waals surface area (Å²) < 4.78 is 1.68. The maximum atomic E-state index is 12.6. The number of nitrogens with zero attached hydrogens (tertiary/aromatic N) is 3. The molecule has 0 aliphatic carbocycles. The molecule has 0 saturated carbocycles. The second-order valence-electron chi connectivity index (χ2n) is 8.04. The van der Waals surface area contributed by atoms with Gasteiger partial charge in [0.2, 0.25) is 5.91 Å². The molecule has 0 saturated heterocycles. The molecule has 2 aromatic rings. The van der Waals surface area contributed by atoms with E-state index in [1.165, 1.54) is 4.90 Å². The Kier molecular flexibility index (Phi) is 7.67. The smallest absolute Gasteiger partial charge is 0.317 e. The Bertz CT molecular complexity index is 840. The van der Waals surface area contributed by atoms with Crippen molar-refractivity contribution in [1.82, 2.24) is 20.0 Å². The van der Waals surface area contributed by atoms with Crippen molar-refractivity contribution in [3.63, 3.8) is 0 Å². The lowest BCUT2D eigenvalue weighted by molar-refractivity contribution is -0.116. The van der Waals surface area contributed by atoms with Crippen molar-refractivity contribution in [2.45, 2.75) is 46.0 Å². The van der Waals surface area contributed by atoms with Gasteiger partial charge in [0.05, 0.1) is 11.4 Å². The summed E-state index contributed by atoms with van der Waals surface area (Å²) in [5.41, 5.74) is 1.44. The zero-order chi connectivity index (χ0) is 21.6. The van der Waals surface area contributed by atoms with Gasteiger partial charge in [0.25, 0.3) is 0 Å². The number of urea groups is 1. The van der Waals surface area contributed by atoms with E-state index < -0.39 is 0 Å². The van der Waals surface area contributed by atoms with Crippen molar-refractivity contribution in [3.8, 4) is 5.69 Å². The van der Waals surface area contributed by atoms with E-state index in [4.69, 9.17) is 11.6 Å². The number of carbonyl (C=O) groups excluding carboxylic acids is 2. The summed E-state index contributed by atoms with van der Waals surface area (Å²) in [5, 5.41) is 11.0. The van der Waals surface area contributed by atoms with Crippen molar-refractivity contribution < 1.29 is 9.59 Å². The van der Waals surface area contributed by atoms with Crippen molar-refractivity contribution in [3.05, 3.63) is 41.0 Å². The van der Waals surface area contributed by atoms with Crippen LogP contribution >= 0.6 is 11.6 Å². The van der Waals surface area contributed by atoms with Gasteiger partial charge in [0.15, 0.2) is 0 Å². The average molecular weight is 420 g/mol. The van der Waals surface area contributed by atoms with Gasteiger partial charge in [-0.3, -0.25) is 4.79 Å². The number of hydrogen-bond acceptors (Lipinski definition) is 3. The van der Waals surface area contributed by atoms with E-state index in [0.29, 0.717) is 17.4 Å². The molecule has 0 aliphatic rings. The van der Waals surface area contributed by atoms with Crippen molar-refractivity contribution in [1.29, 1.82) is 0 Å². The van der Waals surface area contributed by atoms with Crippen LogP contribution in [0.25, 0.3) is 5.69 Å². The number of benzene rings is 1. The minimum Gasteiger partial charge on any atom is -0.338 e. The number of aromatic nitrogens is 2. The molecule has 0 spiro atoms. The normalized spacial score (nSPS) is 11.2. The van der Waals surface area contributed by atoms with Gasteiger partial charge in [-0.05, 0) is 30.7 Å². The lowest BCUT2D eigenvalue weighted by Crippen LogP contribution is -2.41. The molecule has 0 aliphatic heterocycles. The fraction of sp³-hybridized carbons (Fsp3) is 0.476. The fourth-order valence-corrected chi connectivity index (χ4v) is 2.72. The Hall–Kier alpha value is -2.54. The molecule has 8 heteroatoms. The summed E-state index contributed by atoms with van der Waals surface area (Å²) in [4.78, 5) is 26.0. The second-order valence-corrected chi connectivity index (χ2v) is 8.48. The first-order valence-electron chi connectivity index (χ1n) is 9.77. The van der Waals surface area contributed by atoms with Crippen LogP contribution in [0.5, 0.6) is 0 Å². The fourth-order valence-electron chi connectivity index (χ4n) is 2.59. The third-order valence-corrected chi connectivity index (χ3v) is 4.60. The van der Waals surface area contributed by atoms with Gasteiger partial charge in [-0.15, -0.1) is 0 Å². The number of amides is 3. The molecule has 0 radical (unpaired) electrons. The molecule has 158 valence electrons. The van der Waals surface area contributed by atoms with Gasteiger partial charge < -0.3 is 15.5 Å². The summed E-state index contributed by atoms with van der Waals surface area (Å²) in [7, 11) is 1.60. The molecule has 29 heavy (non-hydrogen) atoms. The largest absolute Gasteiger partial charge is 0.338 e. The van der Waals surface area contributed by atoms with E-state index in [-0.39, 0.29) is 23.9 Å². The predicted molar refractivity (Wildman–Crippen MR) is 117 cm³/mol. The summed E-state index contributed by atoms with van der Waals surface area (Å²) >= 11 is 5.99. The molecular weight excluding hydrogens is 390 g/mol. The highest BCUT2D eigenvalue weighted by atomic mass is 35.5. The number of hydrogen-bond donors (Lipinski definition) is 2. The second kappa shape index (κ2) is 9.78. The topological polar surface area (TPSA) is 79.3 Å². The first-order valence-corrected chi connectivity index (χ1v) is 10.1. The van der Waals surface area contributed by atoms with Crippen LogP contribution in [-0.2, 0) is 10.2 Å². The van der Waals surface area contributed by atoms with Crippen molar-refractivity contribution >= 4 is 29.4 Å². The highest BCUT2D eigenvalue weighted by Crippen LogP contribution is 2.26. The van der Waals surface area contributed by atoms with Gasteiger partial charge in [-0.1, -0.05) is 45.7 Å². The molecule has 3 amide bonds. The Morgan fingerprint density at radius 2 is 1.86 bits per heavy atom. The summed E-state index contributed by atoms with van der Waals surface area (Å²) in [6.45, 7) is 8.76. The first kappa shape index (κ1) is 22.7. The summed E-state index contributed by atoms with van der Waals surface area (Å²) in [5.74, 6) is 0.246. The Labute approximate surface area is 177 Å². The summed E-state index contributed by atoms with van der Waals surface area (Å²) in [6, 6.07) is 8.81. The van der Waals surface area contributed by atoms with Gasteiger partial charge in [-0.25, -0.2) is 9.48 Å². The van der Waals surface area contributed by atoms with E-state index in [1.54, 1.807) is 23.9 Å². The van der Waals surface area contributed by atoms with E-state index >= 15 is 0 Å². The lowest BCUT2D eigenvalue weighted by Gasteiger charge is -2.17. The van der Waals surface area contributed by atoms with Crippen LogP contribution in [0.15, 0.2) is 30.3 Å². The Balaban J connectivity index is 2.16. The molecule has 2 rings (SSSR count). The van der Waals surface area contributed by atoms with Crippen LogP contribution in [0.3, 0.4) is 0 Å². The maximum Gasteiger partial charge on any atom is 0.317 e. The van der Waals surface area contributed by atoms with E-state index in [9.17, 15) is 9.59 Å². The number of unbranched alkanes of at least 4 members (excludes halogenated alkanes) is 1. The Morgan fingerprint density at radius 3 is 2.45 bits per heavy atom. The number of anilines is 1. The molecule has 7 nitrogen and oxygen atoms in total. The molecular formula is C21H30ClN5O2. The van der Waals surface area contributed by atoms with Crippen molar-refractivity contribution in [2.24, 2.45) is 0 Å². The standard InChI is InChI=1S/C21H30ClN5O2/c1-6-7-12-23-20(29)26(5)14-19(28)24-18-13-17(21(2,3)4)25-27(18)16-10-8-15(22)9-11-16/h8-11,13H,6-7,12,14H2,1-5H3,(H,23,29)(H,24,28). The Morgan fingerprint density at radius 1 is 1.21 bits per heavy atom. The van der Waals surface area contributed by atoms with Crippen LogP contribution in [0, 0.1) is 0 Å². The average Bonchev–Trinajstić information content (AvgIpc) is 3.06. The van der Waals surface area contributed by atoms with Crippen LogP contribution in [-0.4, -0.2) is 46.8 Å². The van der Waals surface area contributed by atoms with Crippen LogP contribution < -0.4 is 10.6 Å². The number of nitrogens with one attached hydrogen (secondary N) is 2. The van der Waals surface area contributed by atoms with Crippen LogP contribution in [0.4, 0.5) is 10.6 Å². The number of rotatable bonds is 7. The molecule has 2 N–H and O–H groups in total. The maximum absolute atomic E-state index is 12.6. The van der Waals surface area contributed by atoms with Crippen LogP contribution in [0.2, 0.25) is 5.02 Å². The lowest BCUT2D eigenvalue weighted by atomic mass is 9.92. The first-order chi connectivity index (χ1) is 13.6. The van der Waals surface area contributed by atoms with E-state index in [2.05, 4.69) is 43.4 Å².